The molecule has 1 aliphatic heterocycles. The number of ether oxygens (including phenoxy) is 1. The molecule has 2 N–H and O–H groups in total. The standard InChI is InChI=1S/C12H24N2O2/c1-3-5-11(9-16-2)14-12(15)10-6-4-7-13-8-10/h10-11,13H,3-9H2,1-2H3,(H,14,15). The fraction of sp³-hybridized carbons (Fsp3) is 0.917. The zero-order valence-electron chi connectivity index (χ0n) is 10.4. The van der Waals surface area contributed by atoms with Crippen molar-refractivity contribution in [1.82, 2.24) is 10.6 Å². The Labute approximate surface area is 98.1 Å². The zero-order valence-corrected chi connectivity index (χ0v) is 10.4. The molecule has 4 nitrogen and oxygen atoms in total. The Kier molecular flexibility index (Phi) is 6.42. The molecule has 2 atom stereocenters. The number of carbonyl (C=O) groups is 1. The summed E-state index contributed by atoms with van der Waals surface area (Å²) in [5.74, 6) is 0.327. The summed E-state index contributed by atoms with van der Waals surface area (Å²) < 4.78 is 5.11. The largest absolute Gasteiger partial charge is 0.383 e. The van der Waals surface area contributed by atoms with Crippen LogP contribution in [0.1, 0.15) is 32.6 Å². The molecule has 1 saturated heterocycles. The average Bonchev–Trinajstić information content (AvgIpc) is 2.31. The van der Waals surface area contributed by atoms with Crippen molar-refractivity contribution < 1.29 is 9.53 Å². The first-order chi connectivity index (χ1) is 7.77. The van der Waals surface area contributed by atoms with Crippen LogP contribution in [0.5, 0.6) is 0 Å². The lowest BCUT2D eigenvalue weighted by Gasteiger charge is -2.25. The van der Waals surface area contributed by atoms with Gasteiger partial charge in [-0.25, -0.2) is 0 Å². The third kappa shape index (κ3) is 4.49. The van der Waals surface area contributed by atoms with Gasteiger partial charge in [0.05, 0.1) is 18.6 Å². The van der Waals surface area contributed by atoms with Crippen molar-refractivity contribution in [3.63, 3.8) is 0 Å². The minimum atomic E-state index is 0.143. The third-order valence-corrected chi connectivity index (χ3v) is 3.02. The zero-order chi connectivity index (χ0) is 11.8. The van der Waals surface area contributed by atoms with Crippen LogP contribution in [0.25, 0.3) is 0 Å². The molecule has 16 heavy (non-hydrogen) atoms. The number of rotatable bonds is 6. The molecule has 94 valence electrons. The van der Waals surface area contributed by atoms with Crippen LogP contribution in [0.15, 0.2) is 0 Å². The van der Waals surface area contributed by atoms with E-state index >= 15 is 0 Å². The van der Waals surface area contributed by atoms with E-state index < -0.39 is 0 Å². The number of piperidine rings is 1. The molecule has 0 aromatic rings. The van der Waals surface area contributed by atoms with Crippen molar-refractivity contribution in [1.29, 1.82) is 0 Å². The Morgan fingerprint density at radius 3 is 3.00 bits per heavy atom. The molecule has 0 radical (unpaired) electrons. The minimum Gasteiger partial charge on any atom is -0.383 e. The maximum atomic E-state index is 12.0. The van der Waals surface area contributed by atoms with Crippen LogP contribution in [-0.2, 0) is 9.53 Å². The third-order valence-electron chi connectivity index (χ3n) is 3.02. The van der Waals surface area contributed by atoms with Crippen molar-refractivity contribution >= 4 is 5.91 Å². The average molecular weight is 228 g/mol. The van der Waals surface area contributed by atoms with Crippen LogP contribution < -0.4 is 10.6 Å². The summed E-state index contributed by atoms with van der Waals surface area (Å²) in [6.07, 6.45) is 4.16. The second-order valence-corrected chi connectivity index (χ2v) is 4.49. The van der Waals surface area contributed by atoms with Crippen molar-refractivity contribution in [2.45, 2.75) is 38.6 Å². The van der Waals surface area contributed by atoms with Crippen LogP contribution in [-0.4, -0.2) is 38.8 Å². The van der Waals surface area contributed by atoms with Crippen molar-refractivity contribution in [3.8, 4) is 0 Å². The van der Waals surface area contributed by atoms with Crippen LogP contribution in [0.2, 0.25) is 0 Å². The molecular formula is C12H24N2O2. The molecule has 4 heteroatoms. The van der Waals surface area contributed by atoms with Gasteiger partial charge in [0.2, 0.25) is 5.91 Å². The molecule has 0 aromatic carbocycles. The first kappa shape index (κ1) is 13.5. The summed E-state index contributed by atoms with van der Waals surface area (Å²) in [6.45, 7) is 4.59. The van der Waals surface area contributed by atoms with Gasteiger partial charge in [0, 0.05) is 13.7 Å². The summed E-state index contributed by atoms with van der Waals surface area (Å²) in [7, 11) is 1.68. The Morgan fingerprint density at radius 2 is 2.44 bits per heavy atom. The topological polar surface area (TPSA) is 50.4 Å². The Hall–Kier alpha value is -0.610. The summed E-state index contributed by atoms with van der Waals surface area (Å²) in [4.78, 5) is 12.0. The first-order valence-corrected chi connectivity index (χ1v) is 6.28. The van der Waals surface area contributed by atoms with Gasteiger partial charge in [-0.3, -0.25) is 4.79 Å². The molecule has 1 aliphatic rings. The molecule has 1 amide bonds. The molecule has 1 heterocycles. The summed E-state index contributed by atoms with van der Waals surface area (Å²) in [5, 5.41) is 6.35. The Morgan fingerprint density at radius 1 is 1.62 bits per heavy atom. The van der Waals surface area contributed by atoms with Gasteiger partial charge in [-0.05, 0) is 25.8 Å². The Bertz CT molecular complexity index is 197. The van der Waals surface area contributed by atoms with Crippen molar-refractivity contribution in [2.24, 2.45) is 5.92 Å². The number of amides is 1. The van der Waals surface area contributed by atoms with Gasteiger partial charge < -0.3 is 15.4 Å². The van der Waals surface area contributed by atoms with Gasteiger partial charge in [0.15, 0.2) is 0 Å². The number of hydrogen-bond acceptors (Lipinski definition) is 3. The number of carbonyl (C=O) groups excluding carboxylic acids is 1. The van der Waals surface area contributed by atoms with E-state index in [2.05, 4.69) is 17.6 Å². The second-order valence-electron chi connectivity index (χ2n) is 4.49. The van der Waals surface area contributed by atoms with E-state index in [4.69, 9.17) is 4.74 Å². The molecule has 1 rings (SSSR count). The van der Waals surface area contributed by atoms with Crippen LogP contribution in [0.4, 0.5) is 0 Å². The predicted octanol–water partition coefficient (Wildman–Crippen LogP) is 0.917. The number of methoxy groups -OCH3 is 1. The van der Waals surface area contributed by atoms with E-state index in [0.717, 1.165) is 38.8 Å². The number of nitrogens with one attached hydrogen (secondary N) is 2. The molecule has 0 aliphatic carbocycles. The Balaban J connectivity index is 2.33. The minimum absolute atomic E-state index is 0.143. The van der Waals surface area contributed by atoms with Crippen LogP contribution >= 0.6 is 0 Å². The highest BCUT2D eigenvalue weighted by molar-refractivity contribution is 5.79. The molecule has 1 fully saturated rings. The molecule has 2 unspecified atom stereocenters. The molecule has 0 saturated carbocycles. The maximum Gasteiger partial charge on any atom is 0.224 e. The first-order valence-electron chi connectivity index (χ1n) is 6.28. The molecule has 0 spiro atoms. The van der Waals surface area contributed by atoms with E-state index in [1.54, 1.807) is 7.11 Å². The highest BCUT2D eigenvalue weighted by Crippen LogP contribution is 2.10. The highest BCUT2D eigenvalue weighted by Gasteiger charge is 2.22. The molecule has 0 aromatic heterocycles. The lowest BCUT2D eigenvalue weighted by atomic mass is 9.98. The predicted molar refractivity (Wildman–Crippen MR) is 64.3 cm³/mol. The monoisotopic (exact) mass is 228 g/mol. The maximum absolute atomic E-state index is 12.0. The summed E-state index contributed by atoms with van der Waals surface area (Å²) in [5.41, 5.74) is 0. The van der Waals surface area contributed by atoms with Gasteiger partial charge in [-0.15, -0.1) is 0 Å². The summed E-state index contributed by atoms with van der Waals surface area (Å²) in [6, 6.07) is 0.171. The highest BCUT2D eigenvalue weighted by atomic mass is 16.5. The lowest BCUT2D eigenvalue weighted by molar-refractivity contribution is -0.126. The quantitative estimate of drug-likeness (QED) is 0.710. The smallest absolute Gasteiger partial charge is 0.224 e. The van der Waals surface area contributed by atoms with Gasteiger partial charge in [0.1, 0.15) is 0 Å². The van der Waals surface area contributed by atoms with Gasteiger partial charge in [-0.1, -0.05) is 13.3 Å². The van der Waals surface area contributed by atoms with E-state index in [0.29, 0.717) is 6.61 Å². The van der Waals surface area contributed by atoms with Crippen LogP contribution in [0.3, 0.4) is 0 Å². The fourth-order valence-corrected chi connectivity index (χ4v) is 2.14. The van der Waals surface area contributed by atoms with Crippen LogP contribution in [0, 0.1) is 5.92 Å². The SMILES string of the molecule is CCCC(COC)NC(=O)C1CCCNC1. The van der Waals surface area contributed by atoms with Gasteiger partial charge in [0.25, 0.3) is 0 Å². The second kappa shape index (κ2) is 7.63. The number of hydrogen-bond donors (Lipinski definition) is 2. The molecule has 0 bridgehead atoms. The van der Waals surface area contributed by atoms with E-state index in [9.17, 15) is 4.79 Å². The van der Waals surface area contributed by atoms with E-state index in [1.165, 1.54) is 0 Å². The summed E-state index contributed by atoms with van der Waals surface area (Å²) >= 11 is 0. The van der Waals surface area contributed by atoms with E-state index in [-0.39, 0.29) is 17.9 Å². The molecular weight excluding hydrogens is 204 g/mol. The van der Waals surface area contributed by atoms with E-state index in [1.807, 2.05) is 0 Å². The lowest BCUT2D eigenvalue weighted by Crippen LogP contribution is -2.45. The van der Waals surface area contributed by atoms with Crippen molar-refractivity contribution in [3.05, 3.63) is 0 Å². The normalized spacial score (nSPS) is 22.8. The van der Waals surface area contributed by atoms with Crippen molar-refractivity contribution in [2.75, 3.05) is 26.8 Å². The van der Waals surface area contributed by atoms with Gasteiger partial charge in [-0.2, -0.15) is 0 Å². The van der Waals surface area contributed by atoms with Gasteiger partial charge >= 0.3 is 0 Å². The fourth-order valence-electron chi connectivity index (χ4n) is 2.14.